The summed E-state index contributed by atoms with van der Waals surface area (Å²) in [6.45, 7) is 11.3. The molecule has 1 amide bonds. The van der Waals surface area contributed by atoms with Crippen molar-refractivity contribution in [2.45, 2.75) is 58.0 Å². The number of carbonyl (C=O) groups is 2. The van der Waals surface area contributed by atoms with Gasteiger partial charge >= 0.3 is 0 Å². The van der Waals surface area contributed by atoms with E-state index in [-0.39, 0.29) is 11.7 Å². The minimum absolute atomic E-state index is 0.00792. The van der Waals surface area contributed by atoms with E-state index in [1.807, 2.05) is 38.1 Å². The Labute approximate surface area is 206 Å². The quantitative estimate of drug-likeness (QED) is 0.611. The van der Waals surface area contributed by atoms with Crippen LogP contribution in [0, 0.1) is 0 Å². The molecule has 2 aliphatic heterocycles. The molecule has 7 nitrogen and oxygen atoms in total. The van der Waals surface area contributed by atoms with Crippen molar-refractivity contribution in [3.8, 4) is 11.3 Å². The molecule has 2 fully saturated rings. The SMILES string of the molecule is CCC(CC)(NC(=O)c1ccc(-c2csc(N3CCC(N4CCOCC4)CC3)n2)cc1)C(C)=O. The van der Waals surface area contributed by atoms with Gasteiger partial charge in [0.25, 0.3) is 5.91 Å². The van der Waals surface area contributed by atoms with Gasteiger partial charge in [-0.3, -0.25) is 14.5 Å². The van der Waals surface area contributed by atoms with Crippen molar-refractivity contribution in [2.24, 2.45) is 0 Å². The summed E-state index contributed by atoms with van der Waals surface area (Å²) in [5.74, 6) is -0.223. The maximum Gasteiger partial charge on any atom is 0.252 e. The second-order valence-electron chi connectivity index (χ2n) is 9.26. The van der Waals surface area contributed by atoms with Crippen LogP contribution in [0.3, 0.4) is 0 Å². The molecule has 0 radical (unpaired) electrons. The number of rotatable bonds is 8. The van der Waals surface area contributed by atoms with Crippen LogP contribution in [0.25, 0.3) is 11.3 Å². The van der Waals surface area contributed by atoms with Crippen LogP contribution in [0.5, 0.6) is 0 Å². The highest BCUT2D eigenvalue weighted by Gasteiger charge is 2.33. The Bertz CT molecular complexity index is 972. The summed E-state index contributed by atoms with van der Waals surface area (Å²) in [5, 5.41) is 6.11. The van der Waals surface area contributed by atoms with Gasteiger partial charge in [0.05, 0.1) is 24.4 Å². The highest BCUT2D eigenvalue weighted by molar-refractivity contribution is 7.14. The van der Waals surface area contributed by atoms with Gasteiger partial charge in [0.1, 0.15) is 0 Å². The van der Waals surface area contributed by atoms with E-state index >= 15 is 0 Å². The zero-order chi connectivity index (χ0) is 24.1. The molecule has 2 aliphatic rings. The van der Waals surface area contributed by atoms with Gasteiger partial charge in [-0.05, 0) is 44.7 Å². The summed E-state index contributed by atoms with van der Waals surface area (Å²) < 4.78 is 5.49. The second-order valence-corrected chi connectivity index (χ2v) is 10.1. The summed E-state index contributed by atoms with van der Waals surface area (Å²) >= 11 is 1.68. The van der Waals surface area contributed by atoms with Gasteiger partial charge in [-0.2, -0.15) is 0 Å². The number of hydrogen-bond acceptors (Lipinski definition) is 7. The number of Topliss-reactive ketones (excluding diaryl/α,β-unsaturated/α-hetero) is 1. The fraction of sp³-hybridized carbons (Fsp3) is 0.577. The minimum atomic E-state index is -0.797. The lowest BCUT2D eigenvalue weighted by Crippen LogP contribution is -2.52. The van der Waals surface area contributed by atoms with Crippen molar-refractivity contribution < 1.29 is 14.3 Å². The molecule has 0 aliphatic carbocycles. The number of morpholine rings is 1. The molecule has 34 heavy (non-hydrogen) atoms. The van der Waals surface area contributed by atoms with Gasteiger partial charge in [0, 0.05) is 48.7 Å². The smallest absolute Gasteiger partial charge is 0.252 e. The first-order valence-electron chi connectivity index (χ1n) is 12.4. The predicted molar refractivity (Wildman–Crippen MR) is 137 cm³/mol. The Balaban J connectivity index is 1.36. The van der Waals surface area contributed by atoms with Crippen molar-refractivity contribution in [3.63, 3.8) is 0 Å². The number of carbonyl (C=O) groups excluding carboxylic acids is 2. The standard InChI is InChI=1S/C26H36N4O3S/c1-4-26(5-2,19(3)31)28-24(32)21-8-6-20(7-9-21)23-18-34-25(27-23)30-12-10-22(11-13-30)29-14-16-33-17-15-29/h6-9,18,22H,4-5,10-17H2,1-3H3,(H,28,32). The van der Waals surface area contributed by atoms with E-state index in [9.17, 15) is 9.59 Å². The van der Waals surface area contributed by atoms with Crippen molar-refractivity contribution in [1.82, 2.24) is 15.2 Å². The third-order valence-electron chi connectivity index (χ3n) is 7.47. The third kappa shape index (κ3) is 5.34. The molecule has 0 atom stereocenters. The van der Waals surface area contributed by atoms with Crippen LogP contribution < -0.4 is 10.2 Å². The Morgan fingerprint density at radius 1 is 1.09 bits per heavy atom. The van der Waals surface area contributed by atoms with Crippen LogP contribution in [-0.2, 0) is 9.53 Å². The molecule has 0 saturated carbocycles. The lowest BCUT2D eigenvalue weighted by molar-refractivity contribution is -0.123. The van der Waals surface area contributed by atoms with Crippen LogP contribution >= 0.6 is 11.3 Å². The van der Waals surface area contributed by atoms with Crippen LogP contribution in [0.1, 0.15) is 56.8 Å². The van der Waals surface area contributed by atoms with E-state index in [1.54, 1.807) is 18.3 Å². The van der Waals surface area contributed by atoms with E-state index < -0.39 is 5.54 Å². The second kappa shape index (κ2) is 11.0. The topological polar surface area (TPSA) is 74.8 Å². The Morgan fingerprint density at radius 3 is 2.32 bits per heavy atom. The molecule has 1 aromatic carbocycles. The lowest BCUT2D eigenvalue weighted by Gasteiger charge is -2.40. The van der Waals surface area contributed by atoms with Crippen LogP contribution in [0.4, 0.5) is 5.13 Å². The summed E-state index contributed by atoms with van der Waals surface area (Å²) in [6.07, 6.45) is 3.48. The lowest BCUT2D eigenvalue weighted by atomic mass is 9.88. The highest BCUT2D eigenvalue weighted by Crippen LogP contribution is 2.30. The summed E-state index contributed by atoms with van der Waals surface area (Å²) in [4.78, 5) is 34.8. The predicted octanol–water partition coefficient (Wildman–Crippen LogP) is 3.99. The molecule has 2 aromatic rings. The zero-order valence-corrected chi connectivity index (χ0v) is 21.3. The first-order valence-corrected chi connectivity index (χ1v) is 13.3. The average molecular weight is 485 g/mol. The van der Waals surface area contributed by atoms with Gasteiger partial charge < -0.3 is 15.0 Å². The molecule has 184 valence electrons. The Morgan fingerprint density at radius 2 is 1.74 bits per heavy atom. The molecule has 2 saturated heterocycles. The van der Waals surface area contributed by atoms with Crippen LogP contribution in [-0.4, -0.2) is 72.5 Å². The molecule has 8 heteroatoms. The summed E-state index contributed by atoms with van der Waals surface area (Å²) in [7, 11) is 0. The number of piperidine rings is 1. The number of ketones is 1. The number of nitrogens with zero attached hydrogens (tertiary/aromatic N) is 3. The summed E-state index contributed by atoms with van der Waals surface area (Å²) in [5.41, 5.74) is 1.68. The van der Waals surface area contributed by atoms with Crippen molar-refractivity contribution in [2.75, 3.05) is 44.3 Å². The number of anilines is 1. The molecule has 1 aromatic heterocycles. The maximum atomic E-state index is 12.8. The van der Waals surface area contributed by atoms with Crippen molar-refractivity contribution >= 4 is 28.2 Å². The monoisotopic (exact) mass is 484 g/mol. The summed E-state index contributed by atoms with van der Waals surface area (Å²) in [6, 6.07) is 8.15. The average Bonchev–Trinajstić information content (AvgIpc) is 3.38. The number of hydrogen-bond donors (Lipinski definition) is 1. The maximum absolute atomic E-state index is 12.8. The van der Waals surface area contributed by atoms with Gasteiger partial charge in [-0.15, -0.1) is 11.3 Å². The van der Waals surface area contributed by atoms with Gasteiger partial charge in [-0.1, -0.05) is 26.0 Å². The van der Waals surface area contributed by atoms with E-state index in [2.05, 4.69) is 20.5 Å². The number of ether oxygens (including phenoxy) is 1. The van der Waals surface area contributed by atoms with E-state index in [0.717, 1.165) is 68.6 Å². The molecule has 0 bridgehead atoms. The number of nitrogens with one attached hydrogen (secondary N) is 1. The fourth-order valence-corrected chi connectivity index (χ4v) is 5.89. The van der Waals surface area contributed by atoms with Crippen LogP contribution in [0.2, 0.25) is 0 Å². The fourth-order valence-electron chi connectivity index (χ4n) is 5.00. The third-order valence-corrected chi connectivity index (χ3v) is 8.37. The number of aromatic nitrogens is 1. The van der Waals surface area contributed by atoms with Crippen molar-refractivity contribution in [1.29, 1.82) is 0 Å². The number of thiazole rings is 1. The van der Waals surface area contributed by atoms with Gasteiger partial charge in [0.15, 0.2) is 10.9 Å². The van der Waals surface area contributed by atoms with E-state index in [1.165, 1.54) is 0 Å². The highest BCUT2D eigenvalue weighted by atomic mass is 32.1. The molecule has 3 heterocycles. The number of benzene rings is 1. The molecule has 0 unspecified atom stereocenters. The van der Waals surface area contributed by atoms with Gasteiger partial charge in [0.2, 0.25) is 0 Å². The molecular weight excluding hydrogens is 448 g/mol. The van der Waals surface area contributed by atoms with E-state index in [0.29, 0.717) is 24.4 Å². The first kappa shape index (κ1) is 24.8. The number of amides is 1. The molecular formula is C26H36N4O3S. The Kier molecular flexibility index (Phi) is 8.01. The molecule has 4 rings (SSSR count). The largest absolute Gasteiger partial charge is 0.379 e. The Hall–Kier alpha value is -2.29. The van der Waals surface area contributed by atoms with Gasteiger partial charge in [-0.25, -0.2) is 4.98 Å². The minimum Gasteiger partial charge on any atom is -0.379 e. The van der Waals surface area contributed by atoms with Crippen molar-refractivity contribution in [3.05, 3.63) is 35.2 Å². The first-order chi connectivity index (χ1) is 16.5. The molecule has 0 spiro atoms. The zero-order valence-electron chi connectivity index (χ0n) is 20.5. The van der Waals surface area contributed by atoms with Crippen LogP contribution in [0.15, 0.2) is 29.6 Å². The van der Waals surface area contributed by atoms with E-state index in [4.69, 9.17) is 9.72 Å². The molecule has 1 N–H and O–H groups in total. The normalized spacial score (nSPS) is 18.1.